The van der Waals surface area contributed by atoms with Gasteiger partial charge in [-0.25, -0.2) is 4.79 Å². The second-order valence-corrected chi connectivity index (χ2v) is 10.3. The lowest BCUT2D eigenvalue weighted by Gasteiger charge is -2.14. The minimum absolute atomic E-state index is 0.202. The van der Waals surface area contributed by atoms with Crippen molar-refractivity contribution in [3.63, 3.8) is 0 Å². The summed E-state index contributed by atoms with van der Waals surface area (Å²) in [6, 6.07) is 0. The van der Waals surface area contributed by atoms with Gasteiger partial charge in [0.1, 0.15) is 18.5 Å². The number of aliphatic hydroxyl groups excluding tert-OH is 2. The molecule has 0 bridgehead atoms. The molecule has 206 valence electrons. The first-order chi connectivity index (χ1) is 17.0. The van der Waals surface area contributed by atoms with E-state index in [1.165, 1.54) is 109 Å². The average molecular weight is 497 g/mol. The van der Waals surface area contributed by atoms with Gasteiger partial charge < -0.3 is 19.7 Å². The Balaban J connectivity index is 3.68. The third-order valence-electron chi connectivity index (χ3n) is 6.67. The second kappa shape index (κ2) is 25.9. The Hall–Kier alpha value is -1.20. The average Bonchev–Trinajstić information content (AvgIpc) is 2.84. The zero-order chi connectivity index (χ0) is 26.0. The maximum atomic E-state index is 11.6. The molecule has 0 fully saturated rings. The third-order valence-corrected chi connectivity index (χ3v) is 6.67. The van der Waals surface area contributed by atoms with Crippen molar-refractivity contribution in [3.05, 3.63) is 12.2 Å². The Labute approximate surface area is 216 Å². The Morgan fingerprint density at radius 3 is 1.71 bits per heavy atom. The molecule has 0 rings (SSSR count). The monoisotopic (exact) mass is 496 g/mol. The van der Waals surface area contributed by atoms with E-state index in [9.17, 15) is 14.7 Å². The van der Waals surface area contributed by atoms with Gasteiger partial charge in [0.15, 0.2) is 0 Å². The van der Waals surface area contributed by atoms with Crippen LogP contribution in [0.1, 0.15) is 142 Å². The number of hydrogen-bond donors (Lipinski definition) is 2. The molecule has 0 aromatic carbocycles. The highest BCUT2D eigenvalue weighted by atomic mass is 16.5. The molecular weight excluding hydrogens is 440 g/mol. The number of Topliss-reactive ketones (excluding diaryl/α,β-unsaturated/α-hetero) is 1. The smallest absolute Gasteiger partial charge is 0.330 e. The fourth-order valence-corrected chi connectivity index (χ4v) is 4.53. The van der Waals surface area contributed by atoms with Crippen molar-refractivity contribution < 1.29 is 24.5 Å². The number of aliphatic hydroxyl groups is 2. The molecule has 0 saturated carbocycles. The fourth-order valence-electron chi connectivity index (χ4n) is 4.53. The molecule has 0 aromatic heterocycles. The Bertz CT molecular complexity index is 517. The molecule has 0 amide bonds. The van der Waals surface area contributed by atoms with Crippen molar-refractivity contribution in [2.45, 2.75) is 148 Å². The van der Waals surface area contributed by atoms with Crippen LogP contribution in [0.2, 0.25) is 0 Å². The van der Waals surface area contributed by atoms with E-state index in [2.05, 4.69) is 6.92 Å². The number of carbonyl (C=O) groups excluding carboxylic acids is 2. The lowest BCUT2D eigenvalue weighted by Crippen LogP contribution is -2.21. The Morgan fingerprint density at radius 2 is 1.26 bits per heavy atom. The van der Waals surface area contributed by atoms with Crippen LogP contribution in [-0.4, -0.2) is 41.3 Å². The second-order valence-electron chi connectivity index (χ2n) is 10.3. The molecule has 0 spiro atoms. The van der Waals surface area contributed by atoms with Gasteiger partial charge in [0.2, 0.25) is 0 Å². The van der Waals surface area contributed by atoms with Gasteiger partial charge in [0, 0.05) is 12.5 Å². The van der Waals surface area contributed by atoms with Gasteiger partial charge in [-0.2, -0.15) is 0 Å². The minimum Gasteiger partial charge on any atom is -0.460 e. The van der Waals surface area contributed by atoms with Crippen LogP contribution in [0.4, 0.5) is 0 Å². The summed E-state index contributed by atoms with van der Waals surface area (Å²) in [6.45, 7) is 3.30. The molecule has 0 aliphatic rings. The van der Waals surface area contributed by atoms with Crippen molar-refractivity contribution >= 4 is 11.8 Å². The van der Waals surface area contributed by atoms with E-state index < -0.39 is 18.7 Å². The number of unbranched alkanes of at least 4 members (excludes halogenated alkanes) is 15. The van der Waals surface area contributed by atoms with E-state index in [0.717, 1.165) is 19.3 Å². The number of rotatable bonds is 26. The largest absolute Gasteiger partial charge is 0.460 e. The van der Waals surface area contributed by atoms with Gasteiger partial charge in [0.05, 0.1) is 6.61 Å². The van der Waals surface area contributed by atoms with E-state index in [-0.39, 0.29) is 12.4 Å². The summed E-state index contributed by atoms with van der Waals surface area (Å²) >= 11 is 0. The van der Waals surface area contributed by atoms with E-state index >= 15 is 0 Å². The lowest BCUT2D eigenvalue weighted by atomic mass is 9.91. The van der Waals surface area contributed by atoms with Crippen LogP contribution in [0.5, 0.6) is 0 Å². The molecule has 0 aromatic rings. The zero-order valence-electron chi connectivity index (χ0n) is 23.0. The maximum absolute atomic E-state index is 11.6. The highest BCUT2D eigenvalue weighted by Gasteiger charge is 2.11. The fraction of sp³-hybridized carbons (Fsp3) is 0.867. The molecule has 0 heterocycles. The summed E-state index contributed by atoms with van der Waals surface area (Å²) in [7, 11) is 0. The molecule has 0 aliphatic heterocycles. The molecule has 35 heavy (non-hydrogen) atoms. The molecule has 0 radical (unpaired) electrons. The number of carbonyl (C=O) groups is 2. The summed E-state index contributed by atoms with van der Waals surface area (Å²) in [5.74, 6) is 0.0855. The van der Waals surface area contributed by atoms with Gasteiger partial charge in [0.25, 0.3) is 0 Å². The standard InChI is InChI=1S/C30H56O5/c1-3-4-5-6-7-8-9-10-11-12-13-14-15-16-17-18-21-28(24-27(2)32)22-19-20-23-30(34)35-26-29(33)25-31/h20,23,28-29,31,33H,3-19,21-22,24-26H2,1-2H3/b23-20+. The first kappa shape index (κ1) is 33.8. The van der Waals surface area contributed by atoms with Gasteiger partial charge in [-0.05, 0) is 25.7 Å². The van der Waals surface area contributed by atoms with E-state index in [0.29, 0.717) is 12.3 Å². The van der Waals surface area contributed by atoms with Crippen LogP contribution in [0.25, 0.3) is 0 Å². The van der Waals surface area contributed by atoms with Crippen LogP contribution in [-0.2, 0) is 14.3 Å². The molecule has 2 unspecified atom stereocenters. The number of hydrogen-bond acceptors (Lipinski definition) is 5. The van der Waals surface area contributed by atoms with Crippen molar-refractivity contribution in [3.8, 4) is 0 Å². The van der Waals surface area contributed by atoms with Crippen molar-refractivity contribution in [1.82, 2.24) is 0 Å². The zero-order valence-corrected chi connectivity index (χ0v) is 23.0. The SMILES string of the molecule is CCCCCCCCCCCCCCCCCCC(CC/C=C/C(=O)OCC(O)CO)CC(C)=O. The van der Waals surface area contributed by atoms with Crippen molar-refractivity contribution in [2.24, 2.45) is 5.92 Å². The summed E-state index contributed by atoms with van der Waals surface area (Å²) in [5, 5.41) is 17.9. The van der Waals surface area contributed by atoms with Gasteiger partial charge >= 0.3 is 5.97 Å². The number of allylic oxidation sites excluding steroid dienone is 1. The van der Waals surface area contributed by atoms with Crippen molar-refractivity contribution in [1.29, 1.82) is 0 Å². The number of ketones is 1. The van der Waals surface area contributed by atoms with Gasteiger partial charge in [-0.3, -0.25) is 0 Å². The molecule has 5 nitrogen and oxygen atoms in total. The van der Waals surface area contributed by atoms with Gasteiger partial charge in [-0.15, -0.1) is 0 Å². The first-order valence-electron chi connectivity index (χ1n) is 14.6. The predicted molar refractivity (Wildman–Crippen MR) is 145 cm³/mol. The molecular formula is C30H56O5. The summed E-state index contributed by atoms with van der Waals surface area (Å²) in [6.07, 6.45) is 27.2. The Kier molecular flexibility index (Phi) is 25.0. The normalized spacial score (nSPS) is 13.3. The summed E-state index contributed by atoms with van der Waals surface area (Å²) < 4.78 is 4.84. The van der Waals surface area contributed by atoms with Gasteiger partial charge in [-0.1, -0.05) is 122 Å². The Morgan fingerprint density at radius 1 is 0.771 bits per heavy atom. The summed E-state index contributed by atoms with van der Waals surface area (Å²) in [5.41, 5.74) is 0. The van der Waals surface area contributed by atoms with E-state index in [1.54, 1.807) is 13.0 Å². The molecule has 0 saturated heterocycles. The molecule has 0 aliphatic carbocycles. The molecule has 2 atom stereocenters. The summed E-state index contributed by atoms with van der Waals surface area (Å²) in [4.78, 5) is 23.2. The highest BCUT2D eigenvalue weighted by Crippen LogP contribution is 2.21. The van der Waals surface area contributed by atoms with Crippen LogP contribution >= 0.6 is 0 Å². The first-order valence-corrected chi connectivity index (χ1v) is 14.6. The van der Waals surface area contributed by atoms with Crippen LogP contribution in [0.15, 0.2) is 12.2 Å². The van der Waals surface area contributed by atoms with Crippen molar-refractivity contribution in [2.75, 3.05) is 13.2 Å². The van der Waals surface area contributed by atoms with E-state index in [1.807, 2.05) is 0 Å². The number of ether oxygens (including phenoxy) is 1. The minimum atomic E-state index is -1.04. The highest BCUT2D eigenvalue weighted by molar-refractivity contribution is 5.81. The quantitative estimate of drug-likeness (QED) is 0.0737. The lowest BCUT2D eigenvalue weighted by molar-refractivity contribution is -0.141. The molecule has 5 heteroatoms. The van der Waals surface area contributed by atoms with Crippen LogP contribution in [0, 0.1) is 5.92 Å². The topological polar surface area (TPSA) is 83.8 Å². The van der Waals surface area contributed by atoms with Crippen LogP contribution in [0.3, 0.4) is 0 Å². The van der Waals surface area contributed by atoms with Crippen LogP contribution < -0.4 is 0 Å². The number of esters is 1. The maximum Gasteiger partial charge on any atom is 0.330 e. The molecule has 2 N–H and O–H groups in total. The van der Waals surface area contributed by atoms with E-state index in [4.69, 9.17) is 9.84 Å². The predicted octanol–water partition coefficient (Wildman–Crippen LogP) is 7.47. The third kappa shape index (κ3) is 25.7.